The predicted octanol–water partition coefficient (Wildman–Crippen LogP) is 1.58. The first-order valence-corrected chi connectivity index (χ1v) is 7.54. The number of nitrogens with zero attached hydrogens (tertiary/aromatic N) is 1. The van der Waals surface area contributed by atoms with Crippen LogP contribution in [0.2, 0.25) is 0 Å². The molecule has 0 saturated carbocycles. The predicted molar refractivity (Wildman–Crippen MR) is 96.1 cm³/mol. The van der Waals surface area contributed by atoms with Gasteiger partial charge in [0.25, 0.3) is 0 Å². The van der Waals surface area contributed by atoms with Gasteiger partial charge in [0.05, 0.1) is 18.7 Å². The fourth-order valence-electron chi connectivity index (χ4n) is 1.99. The van der Waals surface area contributed by atoms with Crippen molar-refractivity contribution in [3.63, 3.8) is 0 Å². The Bertz CT molecular complexity index is 686. The third-order valence-corrected chi connectivity index (χ3v) is 3.16. The Morgan fingerprint density at radius 3 is 2.26 bits per heavy atom. The number of benzene rings is 2. The van der Waals surface area contributed by atoms with E-state index in [4.69, 9.17) is 18.0 Å². The van der Waals surface area contributed by atoms with Gasteiger partial charge in [0.15, 0.2) is 5.11 Å². The molecule has 23 heavy (non-hydrogen) atoms. The zero-order valence-corrected chi connectivity index (χ0v) is 13.3. The van der Waals surface area contributed by atoms with Gasteiger partial charge in [-0.25, -0.2) is 0 Å². The molecule has 118 valence electrons. The fraction of sp³-hybridized carbons (Fsp3) is 0.118. The van der Waals surface area contributed by atoms with Crippen LogP contribution in [-0.2, 0) is 11.2 Å². The van der Waals surface area contributed by atoms with Crippen LogP contribution in [0.3, 0.4) is 0 Å². The second-order valence-corrected chi connectivity index (χ2v) is 5.28. The van der Waals surface area contributed by atoms with E-state index in [2.05, 4.69) is 15.8 Å². The number of carbonyl (C=O) groups is 1. The number of rotatable bonds is 6. The molecule has 0 spiro atoms. The van der Waals surface area contributed by atoms with Crippen LogP contribution >= 0.6 is 12.2 Å². The number of nitrogens with two attached hydrogens (primary N) is 1. The third kappa shape index (κ3) is 5.88. The van der Waals surface area contributed by atoms with E-state index in [1.54, 1.807) is 0 Å². The largest absolute Gasteiger partial charge is 0.375 e. The molecule has 6 heteroatoms. The van der Waals surface area contributed by atoms with Crippen molar-refractivity contribution in [1.29, 1.82) is 0 Å². The van der Waals surface area contributed by atoms with E-state index in [1.807, 2.05) is 60.7 Å². The van der Waals surface area contributed by atoms with Crippen LogP contribution in [-0.4, -0.2) is 23.3 Å². The molecule has 5 nitrogen and oxygen atoms in total. The minimum absolute atomic E-state index is 0.0739. The highest BCUT2D eigenvalue weighted by Gasteiger charge is 2.07. The molecule has 0 aromatic heterocycles. The molecule has 0 saturated heterocycles. The Hall–Kier alpha value is -2.73. The number of hydrazone groups is 1. The lowest BCUT2D eigenvalue weighted by molar-refractivity contribution is -0.120. The highest BCUT2D eigenvalue weighted by Crippen LogP contribution is 2.02. The Balaban J connectivity index is 1.99. The van der Waals surface area contributed by atoms with Crippen LogP contribution in [0.4, 0.5) is 0 Å². The maximum atomic E-state index is 12.0. The minimum Gasteiger partial charge on any atom is -0.375 e. The highest BCUT2D eigenvalue weighted by molar-refractivity contribution is 7.80. The average molecular weight is 326 g/mol. The summed E-state index contributed by atoms with van der Waals surface area (Å²) < 4.78 is 0. The van der Waals surface area contributed by atoms with Gasteiger partial charge < -0.3 is 11.1 Å². The second-order valence-electron chi connectivity index (χ2n) is 4.84. The topological polar surface area (TPSA) is 79.5 Å². The van der Waals surface area contributed by atoms with Crippen molar-refractivity contribution in [2.45, 2.75) is 6.42 Å². The summed E-state index contributed by atoms with van der Waals surface area (Å²) in [6, 6.07) is 19.1. The smallest absolute Gasteiger partial charge is 0.224 e. The molecule has 0 fully saturated rings. The quantitative estimate of drug-likeness (QED) is 0.428. The molecule has 1 amide bonds. The number of hydrogen-bond acceptors (Lipinski definition) is 3. The van der Waals surface area contributed by atoms with Crippen LogP contribution in [0.5, 0.6) is 0 Å². The highest BCUT2D eigenvalue weighted by atomic mass is 32.1. The molecular weight excluding hydrogens is 308 g/mol. The van der Waals surface area contributed by atoms with Gasteiger partial charge in [-0.3, -0.25) is 10.2 Å². The van der Waals surface area contributed by atoms with E-state index in [0.29, 0.717) is 12.1 Å². The first kappa shape index (κ1) is 16.6. The Kier molecular flexibility index (Phi) is 6.26. The van der Waals surface area contributed by atoms with Crippen molar-refractivity contribution < 1.29 is 4.79 Å². The number of nitrogens with one attached hydrogen (secondary N) is 2. The van der Waals surface area contributed by atoms with Gasteiger partial charge in [0, 0.05) is 0 Å². The van der Waals surface area contributed by atoms with Crippen molar-refractivity contribution in [3.05, 3.63) is 71.8 Å². The summed E-state index contributed by atoms with van der Waals surface area (Å²) in [6.07, 6.45) is 0.325. The van der Waals surface area contributed by atoms with E-state index < -0.39 is 0 Å². The lowest BCUT2D eigenvalue weighted by Crippen LogP contribution is -2.33. The van der Waals surface area contributed by atoms with Gasteiger partial charge in [0.2, 0.25) is 5.91 Å². The number of hydrogen-bond donors (Lipinski definition) is 3. The minimum atomic E-state index is -0.0739. The van der Waals surface area contributed by atoms with Gasteiger partial charge in [-0.2, -0.15) is 5.10 Å². The van der Waals surface area contributed by atoms with Crippen LogP contribution in [0.1, 0.15) is 11.1 Å². The van der Waals surface area contributed by atoms with Crippen LogP contribution in [0.15, 0.2) is 65.8 Å². The maximum absolute atomic E-state index is 12.0. The van der Waals surface area contributed by atoms with Crippen LogP contribution in [0.25, 0.3) is 0 Å². The van der Waals surface area contributed by atoms with E-state index >= 15 is 0 Å². The molecule has 4 N–H and O–H groups in total. The summed E-state index contributed by atoms with van der Waals surface area (Å²) >= 11 is 4.76. The van der Waals surface area contributed by atoms with Crippen LogP contribution < -0.4 is 16.5 Å². The van der Waals surface area contributed by atoms with Crippen molar-refractivity contribution >= 4 is 28.9 Å². The van der Waals surface area contributed by atoms with Crippen molar-refractivity contribution in [2.75, 3.05) is 6.54 Å². The number of thiocarbonyl (C=S) groups is 1. The third-order valence-electron chi connectivity index (χ3n) is 3.07. The molecule has 2 aromatic rings. The van der Waals surface area contributed by atoms with E-state index in [9.17, 15) is 4.79 Å². The standard InChI is InChI=1S/C17H18N4OS/c18-17(23)21-20-15(14-9-5-2-6-10-14)12-19-16(22)11-13-7-3-1-4-8-13/h1-10H,11-12H2,(H,19,22)(H3,18,21,23)/b20-15+. The molecule has 0 bridgehead atoms. The average Bonchev–Trinajstić information content (AvgIpc) is 2.56. The number of carbonyl (C=O) groups excluding carboxylic acids is 1. The van der Waals surface area contributed by atoms with Gasteiger partial charge >= 0.3 is 0 Å². The van der Waals surface area contributed by atoms with Crippen LogP contribution in [0, 0.1) is 0 Å². The van der Waals surface area contributed by atoms with Gasteiger partial charge in [-0.05, 0) is 23.3 Å². The Labute approximate surface area is 140 Å². The van der Waals surface area contributed by atoms with Gasteiger partial charge in [-0.15, -0.1) is 0 Å². The zero-order chi connectivity index (χ0) is 16.5. The molecule has 0 aliphatic rings. The summed E-state index contributed by atoms with van der Waals surface area (Å²) in [5.41, 5.74) is 10.5. The van der Waals surface area contributed by atoms with Crippen molar-refractivity contribution in [3.8, 4) is 0 Å². The molecule has 2 aromatic carbocycles. The first-order valence-electron chi connectivity index (χ1n) is 7.13. The fourth-order valence-corrected chi connectivity index (χ4v) is 2.03. The maximum Gasteiger partial charge on any atom is 0.224 e. The number of amides is 1. The molecule has 0 atom stereocenters. The Morgan fingerprint density at radius 1 is 1.04 bits per heavy atom. The summed E-state index contributed by atoms with van der Waals surface area (Å²) in [5, 5.41) is 7.10. The molecule has 0 heterocycles. The SMILES string of the molecule is NC(=S)N/N=C(\CNC(=O)Cc1ccccc1)c1ccccc1. The molecule has 0 aliphatic heterocycles. The Morgan fingerprint density at radius 2 is 1.65 bits per heavy atom. The molecule has 0 aliphatic carbocycles. The molecule has 0 unspecified atom stereocenters. The summed E-state index contributed by atoms with van der Waals surface area (Å²) in [4.78, 5) is 12.0. The monoisotopic (exact) mass is 326 g/mol. The van der Waals surface area contributed by atoms with E-state index in [-0.39, 0.29) is 17.6 Å². The zero-order valence-electron chi connectivity index (χ0n) is 12.5. The van der Waals surface area contributed by atoms with E-state index in [1.165, 1.54) is 0 Å². The van der Waals surface area contributed by atoms with E-state index in [0.717, 1.165) is 11.1 Å². The van der Waals surface area contributed by atoms with Gasteiger partial charge in [-0.1, -0.05) is 60.7 Å². The summed E-state index contributed by atoms with van der Waals surface area (Å²) in [7, 11) is 0. The summed E-state index contributed by atoms with van der Waals surface area (Å²) in [5.74, 6) is -0.0739. The normalized spacial score (nSPS) is 10.9. The van der Waals surface area contributed by atoms with Crippen molar-refractivity contribution in [2.24, 2.45) is 10.8 Å². The molecule has 0 radical (unpaired) electrons. The lowest BCUT2D eigenvalue weighted by Gasteiger charge is -2.09. The molecule has 2 rings (SSSR count). The lowest BCUT2D eigenvalue weighted by atomic mass is 10.1. The second kappa shape index (κ2) is 8.65. The summed E-state index contributed by atoms with van der Waals surface area (Å²) in [6.45, 7) is 0.283. The first-order chi connectivity index (χ1) is 11.1. The van der Waals surface area contributed by atoms with Crippen molar-refractivity contribution in [1.82, 2.24) is 10.7 Å². The molecular formula is C17H18N4OS. The van der Waals surface area contributed by atoms with Gasteiger partial charge in [0.1, 0.15) is 0 Å².